The van der Waals surface area contributed by atoms with E-state index in [0.717, 1.165) is 75.9 Å². The first-order valence-electron chi connectivity index (χ1n) is 11.8. The monoisotopic (exact) mass is 440 g/mol. The van der Waals surface area contributed by atoms with E-state index in [-0.39, 0.29) is 13.2 Å². The molecule has 2 aromatic rings. The summed E-state index contributed by atoms with van der Waals surface area (Å²) in [6.45, 7) is 8.52. The standard InChI is InChI=1S/C24H36N6O2/c1-27-11-13-29(14-12-27)22-5-3-20(4-6-22)23-25-19-21-7-10-30(24(21)26-23)9-2-8-28(15-17-31)16-18-32/h3-6,19,31-32H,2,7-18H2,1H3. The minimum atomic E-state index is 0.122. The van der Waals surface area contributed by atoms with Gasteiger partial charge in [0, 0.05) is 81.9 Å². The lowest BCUT2D eigenvalue weighted by molar-refractivity contribution is 0.160. The van der Waals surface area contributed by atoms with Gasteiger partial charge >= 0.3 is 0 Å². The highest BCUT2D eigenvalue weighted by Gasteiger charge is 2.22. The van der Waals surface area contributed by atoms with Crippen molar-refractivity contribution in [3.63, 3.8) is 0 Å². The van der Waals surface area contributed by atoms with Crippen LogP contribution in [0.3, 0.4) is 0 Å². The predicted octanol–water partition coefficient (Wildman–Crippen LogP) is 0.935. The van der Waals surface area contributed by atoms with E-state index in [1.807, 2.05) is 6.20 Å². The number of hydrogen-bond donors (Lipinski definition) is 2. The summed E-state index contributed by atoms with van der Waals surface area (Å²) < 4.78 is 0. The van der Waals surface area contributed by atoms with Crippen molar-refractivity contribution in [3.8, 4) is 11.4 Å². The highest BCUT2D eigenvalue weighted by Crippen LogP contribution is 2.29. The maximum absolute atomic E-state index is 9.19. The van der Waals surface area contributed by atoms with Gasteiger partial charge in [0.25, 0.3) is 0 Å². The maximum Gasteiger partial charge on any atom is 0.161 e. The molecule has 8 nitrogen and oxygen atoms in total. The van der Waals surface area contributed by atoms with Crippen LogP contribution in [0.15, 0.2) is 30.5 Å². The summed E-state index contributed by atoms with van der Waals surface area (Å²) in [5.74, 6) is 1.83. The summed E-state index contributed by atoms with van der Waals surface area (Å²) in [5, 5.41) is 18.4. The van der Waals surface area contributed by atoms with Crippen molar-refractivity contribution in [2.24, 2.45) is 0 Å². The van der Waals surface area contributed by atoms with Crippen LogP contribution in [0.25, 0.3) is 11.4 Å². The third-order valence-electron chi connectivity index (χ3n) is 6.52. The van der Waals surface area contributed by atoms with Gasteiger partial charge in [-0.1, -0.05) is 0 Å². The van der Waals surface area contributed by atoms with E-state index < -0.39 is 0 Å². The predicted molar refractivity (Wildman–Crippen MR) is 128 cm³/mol. The van der Waals surface area contributed by atoms with Crippen LogP contribution < -0.4 is 9.80 Å². The molecule has 1 aromatic heterocycles. The number of aliphatic hydroxyl groups is 2. The number of benzene rings is 1. The average Bonchev–Trinajstić information content (AvgIpc) is 3.22. The molecule has 0 bridgehead atoms. The van der Waals surface area contributed by atoms with E-state index in [2.05, 4.69) is 55.9 Å². The van der Waals surface area contributed by atoms with Gasteiger partial charge in [-0.15, -0.1) is 0 Å². The Labute approximate surface area is 191 Å². The molecule has 0 unspecified atom stereocenters. The summed E-state index contributed by atoms with van der Waals surface area (Å²) in [4.78, 5) is 18.8. The number of hydrogen-bond acceptors (Lipinski definition) is 8. The Morgan fingerprint density at radius 3 is 2.34 bits per heavy atom. The maximum atomic E-state index is 9.19. The number of fused-ring (bicyclic) bond motifs is 1. The third-order valence-corrected chi connectivity index (χ3v) is 6.52. The number of aliphatic hydroxyl groups excluding tert-OH is 2. The van der Waals surface area contributed by atoms with Crippen LogP contribution in [0.5, 0.6) is 0 Å². The lowest BCUT2D eigenvalue weighted by atomic mass is 10.1. The number of rotatable bonds is 10. The molecule has 32 heavy (non-hydrogen) atoms. The van der Waals surface area contributed by atoms with Crippen molar-refractivity contribution >= 4 is 11.5 Å². The summed E-state index contributed by atoms with van der Waals surface area (Å²) in [6.07, 6.45) is 3.93. The van der Waals surface area contributed by atoms with Crippen LogP contribution in [0.1, 0.15) is 12.0 Å². The fourth-order valence-electron chi connectivity index (χ4n) is 4.56. The first kappa shape index (κ1) is 22.9. The molecule has 2 aliphatic rings. The molecule has 0 radical (unpaired) electrons. The molecule has 0 saturated carbocycles. The van der Waals surface area contributed by atoms with E-state index in [4.69, 9.17) is 4.98 Å². The number of likely N-dealkylation sites (N-methyl/N-ethyl adjacent to an activating group) is 1. The zero-order valence-corrected chi connectivity index (χ0v) is 19.2. The number of anilines is 2. The van der Waals surface area contributed by atoms with Gasteiger partial charge in [-0.2, -0.15) is 0 Å². The van der Waals surface area contributed by atoms with Crippen LogP contribution in [-0.2, 0) is 6.42 Å². The Balaban J connectivity index is 1.39. The Bertz CT molecular complexity index is 848. The fourth-order valence-corrected chi connectivity index (χ4v) is 4.56. The summed E-state index contributed by atoms with van der Waals surface area (Å²) >= 11 is 0. The van der Waals surface area contributed by atoms with Gasteiger partial charge in [0.05, 0.1) is 13.2 Å². The van der Waals surface area contributed by atoms with Gasteiger partial charge < -0.3 is 24.9 Å². The Hall–Kier alpha value is -2.26. The van der Waals surface area contributed by atoms with Gasteiger partial charge in [0.2, 0.25) is 0 Å². The van der Waals surface area contributed by atoms with E-state index in [1.165, 1.54) is 11.3 Å². The minimum absolute atomic E-state index is 0.122. The topological polar surface area (TPSA) is 79.2 Å². The smallest absolute Gasteiger partial charge is 0.161 e. The lowest BCUT2D eigenvalue weighted by Gasteiger charge is -2.34. The Morgan fingerprint density at radius 2 is 1.66 bits per heavy atom. The normalized spacial score (nSPS) is 16.8. The van der Waals surface area contributed by atoms with Crippen molar-refractivity contribution in [3.05, 3.63) is 36.0 Å². The minimum Gasteiger partial charge on any atom is -0.395 e. The highest BCUT2D eigenvalue weighted by molar-refractivity contribution is 5.63. The van der Waals surface area contributed by atoms with Crippen molar-refractivity contribution in [2.75, 3.05) is 89.0 Å². The Morgan fingerprint density at radius 1 is 0.938 bits per heavy atom. The summed E-state index contributed by atoms with van der Waals surface area (Å²) in [7, 11) is 2.18. The van der Waals surface area contributed by atoms with E-state index >= 15 is 0 Å². The van der Waals surface area contributed by atoms with Crippen LogP contribution in [0.2, 0.25) is 0 Å². The first-order valence-corrected chi connectivity index (χ1v) is 11.8. The van der Waals surface area contributed by atoms with E-state index in [1.54, 1.807) is 0 Å². The molecular weight excluding hydrogens is 404 g/mol. The second kappa shape index (κ2) is 11.0. The second-order valence-corrected chi connectivity index (χ2v) is 8.76. The molecule has 0 aliphatic carbocycles. The van der Waals surface area contributed by atoms with E-state index in [9.17, 15) is 10.2 Å². The van der Waals surface area contributed by atoms with Crippen LogP contribution in [0.4, 0.5) is 11.5 Å². The highest BCUT2D eigenvalue weighted by atomic mass is 16.3. The van der Waals surface area contributed by atoms with Crippen LogP contribution in [0, 0.1) is 0 Å². The van der Waals surface area contributed by atoms with Crippen LogP contribution in [-0.4, -0.2) is 109 Å². The molecule has 2 aliphatic heterocycles. The van der Waals surface area contributed by atoms with Gasteiger partial charge in [0.15, 0.2) is 5.82 Å². The summed E-state index contributed by atoms with van der Waals surface area (Å²) in [5.41, 5.74) is 3.53. The molecule has 4 rings (SSSR count). The van der Waals surface area contributed by atoms with Gasteiger partial charge in [-0.25, -0.2) is 9.97 Å². The molecule has 3 heterocycles. The van der Waals surface area contributed by atoms with Crippen molar-refractivity contribution in [1.82, 2.24) is 19.8 Å². The molecular formula is C24H36N6O2. The quantitative estimate of drug-likeness (QED) is 0.565. The largest absolute Gasteiger partial charge is 0.395 e. The number of piperazine rings is 1. The molecule has 1 aromatic carbocycles. The molecule has 0 amide bonds. The molecule has 0 atom stereocenters. The van der Waals surface area contributed by atoms with Gasteiger partial charge in [-0.05, 0) is 44.2 Å². The molecule has 1 saturated heterocycles. The molecule has 0 spiro atoms. The molecule has 1 fully saturated rings. The molecule has 2 N–H and O–H groups in total. The van der Waals surface area contributed by atoms with Crippen molar-refractivity contribution in [1.29, 1.82) is 0 Å². The van der Waals surface area contributed by atoms with Crippen molar-refractivity contribution < 1.29 is 10.2 Å². The van der Waals surface area contributed by atoms with E-state index in [0.29, 0.717) is 13.1 Å². The Kier molecular flexibility index (Phi) is 7.91. The molecule has 8 heteroatoms. The van der Waals surface area contributed by atoms with Crippen LogP contribution >= 0.6 is 0 Å². The second-order valence-electron chi connectivity index (χ2n) is 8.76. The van der Waals surface area contributed by atoms with Gasteiger partial charge in [0.1, 0.15) is 5.82 Å². The third kappa shape index (κ3) is 5.56. The molecule has 174 valence electrons. The zero-order valence-electron chi connectivity index (χ0n) is 19.2. The van der Waals surface area contributed by atoms with Crippen molar-refractivity contribution in [2.45, 2.75) is 12.8 Å². The first-order chi connectivity index (χ1) is 15.7. The number of aromatic nitrogens is 2. The average molecular weight is 441 g/mol. The lowest BCUT2D eigenvalue weighted by Crippen LogP contribution is -2.44. The SMILES string of the molecule is CN1CCN(c2ccc(-c3ncc4c(n3)N(CCCN(CCO)CCO)CC4)cc2)CC1. The van der Waals surface area contributed by atoms with Gasteiger partial charge in [-0.3, -0.25) is 4.90 Å². The summed E-state index contributed by atoms with van der Waals surface area (Å²) in [6, 6.07) is 8.64. The zero-order chi connectivity index (χ0) is 22.3. The fraction of sp³-hybridized carbons (Fsp3) is 0.583. The number of nitrogens with zero attached hydrogens (tertiary/aromatic N) is 6.